The first-order valence-electron chi connectivity index (χ1n) is 5.15. The second-order valence-electron chi connectivity index (χ2n) is 3.85. The molecule has 0 radical (unpaired) electrons. The van der Waals surface area contributed by atoms with Gasteiger partial charge in [-0.1, -0.05) is 5.16 Å². The van der Waals surface area contributed by atoms with Crippen molar-refractivity contribution in [2.24, 2.45) is 10.9 Å². The summed E-state index contributed by atoms with van der Waals surface area (Å²) in [5, 5.41) is 13.9. The summed E-state index contributed by atoms with van der Waals surface area (Å²) in [6.45, 7) is 1.87. The Morgan fingerprint density at radius 1 is 1.75 bits per heavy atom. The number of hydrogen-bond acceptors (Lipinski definition) is 4. The van der Waals surface area contributed by atoms with Crippen LogP contribution in [0.5, 0.6) is 0 Å². The highest BCUT2D eigenvalue weighted by Gasteiger charge is 2.28. The molecular weight excluding hydrogens is 290 g/mol. The summed E-state index contributed by atoms with van der Waals surface area (Å²) in [7, 11) is 0. The van der Waals surface area contributed by atoms with Crippen molar-refractivity contribution in [2.75, 3.05) is 6.54 Å². The molecule has 0 saturated carbocycles. The third-order valence-electron chi connectivity index (χ3n) is 2.86. The maximum atomic E-state index is 8.72. The van der Waals surface area contributed by atoms with Crippen LogP contribution in [0, 0.1) is 0 Å². The quantitative estimate of drug-likeness (QED) is 0.389. The molecule has 1 aliphatic rings. The Hall–Kier alpha value is -0.590. The van der Waals surface area contributed by atoms with E-state index >= 15 is 0 Å². The molecule has 0 aromatic carbocycles. The molecule has 1 unspecified atom stereocenters. The molecule has 0 spiro atoms. The maximum Gasteiger partial charge on any atom is 0.156 e. The predicted octanol–water partition coefficient (Wildman–Crippen LogP) is 2.22. The number of amidine groups is 1. The van der Waals surface area contributed by atoms with Gasteiger partial charge in [-0.25, -0.2) is 0 Å². The van der Waals surface area contributed by atoms with Crippen LogP contribution < -0.4 is 5.73 Å². The van der Waals surface area contributed by atoms with Gasteiger partial charge in [0.05, 0.1) is 6.04 Å². The minimum atomic E-state index is 0.0824. The van der Waals surface area contributed by atoms with Crippen LogP contribution >= 0.6 is 27.3 Å². The molecule has 1 aromatic heterocycles. The highest BCUT2D eigenvalue weighted by molar-refractivity contribution is 9.10. The van der Waals surface area contributed by atoms with Gasteiger partial charge in [-0.2, -0.15) is 0 Å². The van der Waals surface area contributed by atoms with E-state index in [1.165, 1.54) is 4.88 Å². The number of oxime groups is 1. The zero-order valence-electron chi connectivity index (χ0n) is 8.77. The van der Waals surface area contributed by atoms with Crippen molar-refractivity contribution in [2.45, 2.75) is 25.4 Å². The average molecular weight is 304 g/mol. The third-order valence-corrected chi connectivity index (χ3v) is 4.77. The molecule has 1 fully saturated rings. The van der Waals surface area contributed by atoms with Crippen LogP contribution in [-0.4, -0.2) is 28.5 Å². The molecule has 16 heavy (non-hydrogen) atoms. The lowest BCUT2D eigenvalue weighted by Crippen LogP contribution is -2.39. The van der Waals surface area contributed by atoms with Gasteiger partial charge in [-0.3, -0.25) is 4.90 Å². The van der Waals surface area contributed by atoms with Gasteiger partial charge in [-0.15, -0.1) is 11.3 Å². The lowest BCUT2D eigenvalue weighted by Gasteiger charge is -2.22. The average Bonchev–Trinajstić information content (AvgIpc) is 2.88. The van der Waals surface area contributed by atoms with Crippen molar-refractivity contribution in [3.63, 3.8) is 0 Å². The lowest BCUT2D eigenvalue weighted by molar-refractivity contribution is 0.276. The topological polar surface area (TPSA) is 61.9 Å². The Balaban J connectivity index is 2.07. The van der Waals surface area contributed by atoms with Gasteiger partial charge in [0.1, 0.15) is 0 Å². The zero-order valence-corrected chi connectivity index (χ0v) is 11.2. The Bertz CT molecular complexity index is 393. The van der Waals surface area contributed by atoms with Gasteiger partial charge in [-0.05, 0) is 46.8 Å². The third kappa shape index (κ3) is 2.39. The Kier molecular flexibility index (Phi) is 3.83. The smallest absolute Gasteiger partial charge is 0.156 e. The standard InChI is InChI=1S/C10H14BrN3OS/c11-7-3-5-16-9(7)6-14-4-1-2-8(14)10(12)13-15/h3,5,8,15H,1-2,4,6H2,(H2,12,13). The van der Waals surface area contributed by atoms with Crippen molar-refractivity contribution in [1.29, 1.82) is 0 Å². The first-order valence-corrected chi connectivity index (χ1v) is 6.83. The van der Waals surface area contributed by atoms with Gasteiger partial charge in [0, 0.05) is 15.9 Å². The molecule has 1 saturated heterocycles. The van der Waals surface area contributed by atoms with Crippen molar-refractivity contribution in [3.8, 4) is 0 Å². The summed E-state index contributed by atoms with van der Waals surface area (Å²) in [6.07, 6.45) is 2.07. The Morgan fingerprint density at radius 3 is 3.19 bits per heavy atom. The maximum absolute atomic E-state index is 8.72. The summed E-state index contributed by atoms with van der Waals surface area (Å²) >= 11 is 5.25. The van der Waals surface area contributed by atoms with E-state index in [1.54, 1.807) is 11.3 Å². The van der Waals surface area contributed by atoms with E-state index in [-0.39, 0.29) is 6.04 Å². The number of nitrogens with zero attached hydrogens (tertiary/aromatic N) is 2. The molecule has 3 N–H and O–H groups in total. The second kappa shape index (κ2) is 5.16. The Labute approximate surface area is 107 Å². The number of likely N-dealkylation sites (tertiary alicyclic amines) is 1. The molecular formula is C10H14BrN3OS. The normalized spacial score (nSPS) is 22.8. The van der Waals surface area contributed by atoms with Gasteiger partial charge in [0.2, 0.25) is 0 Å². The molecule has 2 heterocycles. The second-order valence-corrected chi connectivity index (χ2v) is 5.70. The number of thiophene rings is 1. The van der Waals surface area contributed by atoms with Crippen LogP contribution in [0.3, 0.4) is 0 Å². The van der Waals surface area contributed by atoms with E-state index < -0.39 is 0 Å². The minimum absolute atomic E-state index is 0.0824. The van der Waals surface area contributed by atoms with Crippen molar-refractivity contribution in [1.82, 2.24) is 4.90 Å². The van der Waals surface area contributed by atoms with E-state index in [9.17, 15) is 0 Å². The Morgan fingerprint density at radius 2 is 2.56 bits per heavy atom. The molecule has 1 aliphatic heterocycles. The molecule has 0 amide bonds. The summed E-state index contributed by atoms with van der Waals surface area (Å²) in [5.41, 5.74) is 5.69. The van der Waals surface area contributed by atoms with Crippen LogP contribution in [0.25, 0.3) is 0 Å². The molecule has 2 rings (SSSR count). The van der Waals surface area contributed by atoms with Gasteiger partial charge >= 0.3 is 0 Å². The van der Waals surface area contributed by atoms with Gasteiger partial charge in [0.25, 0.3) is 0 Å². The monoisotopic (exact) mass is 303 g/mol. The zero-order chi connectivity index (χ0) is 11.5. The molecule has 1 atom stereocenters. The summed E-state index contributed by atoms with van der Waals surface area (Å²) < 4.78 is 1.14. The molecule has 88 valence electrons. The molecule has 4 nitrogen and oxygen atoms in total. The van der Waals surface area contributed by atoms with Crippen molar-refractivity contribution < 1.29 is 5.21 Å². The summed E-state index contributed by atoms with van der Waals surface area (Å²) in [6, 6.07) is 2.13. The van der Waals surface area contributed by atoms with Crippen molar-refractivity contribution in [3.05, 3.63) is 20.8 Å². The van der Waals surface area contributed by atoms with Gasteiger partial charge in [0.15, 0.2) is 5.84 Å². The fourth-order valence-corrected chi connectivity index (χ4v) is 3.54. The van der Waals surface area contributed by atoms with E-state index in [0.717, 1.165) is 30.4 Å². The molecule has 0 bridgehead atoms. The molecule has 0 aliphatic carbocycles. The van der Waals surface area contributed by atoms with Crippen LogP contribution in [0.2, 0.25) is 0 Å². The predicted molar refractivity (Wildman–Crippen MR) is 68.9 cm³/mol. The first-order chi connectivity index (χ1) is 7.72. The van der Waals surface area contributed by atoms with E-state index in [4.69, 9.17) is 10.9 Å². The number of nitrogens with two attached hydrogens (primary N) is 1. The van der Waals surface area contributed by atoms with Gasteiger partial charge < -0.3 is 10.9 Å². The fourth-order valence-electron chi connectivity index (χ4n) is 2.04. The molecule has 6 heteroatoms. The van der Waals surface area contributed by atoms with E-state index in [1.807, 2.05) is 0 Å². The van der Waals surface area contributed by atoms with E-state index in [2.05, 4.69) is 37.4 Å². The van der Waals surface area contributed by atoms with Crippen LogP contribution in [0.1, 0.15) is 17.7 Å². The first kappa shape index (κ1) is 11.9. The number of halogens is 1. The number of rotatable bonds is 3. The largest absolute Gasteiger partial charge is 0.409 e. The van der Waals surface area contributed by atoms with Crippen molar-refractivity contribution >= 4 is 33.1 Å². The fraction of sp³-hybridized carbons (Fsp3) is 0.500. The van der Waals surface area contributed by atoms with Crippen LogP contribution in [0.15, 0.2) is 21.1 Å². The SMILES string of the molecule is NC(=NO)C1CCCN1Cc1sccc1Br. The number of hydrogen-bond donors (Lipinski definition) is 2. The van der Waals surface area contributed by atoms with E-state index in [0.29, 0.717) is 5.84 Å². The highest BCUT2D eigenvalue weighted by Crippen LogP contribution is 2.27. The summed E-state index contributed by atoms with van der Waals surface area (Å²) in [5.74, 6) is 0.324. The summed E-state index contributed by atoms with van der Waals surface area (Å²) in [4.78, 5) is 3.55. The minimum Gasteiger partial charge on any atom is -0.409 e. The lowest BCUT2D eigenvalue weighted by atomic mass is 10.2. The molecule has 1 aromatic rings. The highest BCUT2D eigenvalue weighted by atomic mass is 79.9. The van der Waals surface area contributed by atoms with Crippen LogP contribution in [0.4, 0.5) is 0 Å². The van der Waals surface area contributed by atoms with Crippen LogP contribution in [-0.2, 0) is 6.54 Å².